The van der Waals surface area contributed by atoms with Crippen molar-refractivity contribution in [3.8, 4) is 0 Å². The average Bonchev–Trinajstić information content (AvgIpc) is 3.05. The van der Waals surface area contributed by atoms with Gasteiger partial charge in [0.25, 0.3) is 0 Å². The maximum atomic E-state index is 10.2. The first-order chi connectivity index (χ1) is 13.8. The quantitative estimate of drug-likeness (QED) is 0.507. The lowest BCUT2D eigenvalue weighted by atomic mass is 9.47. The van der Waals surface area contributed by atoms with E-state index < -0.39 is 0 Å². The molecule has 2 heteroatoms. The lowest BCUT2D eigenvalue weighted by molar-refractivity contribution is -0.0573. The van der Waals surface area contributed by atoms with Crippen molar-refractivity contribution >= 4 is 0 Å². The van der Waals surface area contributed by atoms with Gasteiger partial charge in [-0.25, -0.2) is 0 Å². The molecular weight excluding hydrogens is 356 g/mol. The van der Waals surface area contributed by atoms with Gasteiger partial charge in [0.05, 0.1) is 6.10 Å². The molecule has 3 fully saturated rings. The van der Waals surface area contributed by atoms with Crippen LogP contribution in [0, 0.1) is 46.3 Å². The van der Waals surface area contributed by atoms with Crippen LogP contribution in [0.2, 0.25) is 0 Å². The minimum absolute atomic E-state index is 0.0926. The van der Waals surface area contributed by atoms with Crippen molar-refractivity contribution in [1.82, 2.24) is 0 Å². The van der Waals surface area contributed by atoms with Crippen molar-refractivity contribution in [1.29, 1.82) is 0 Å². The van der Waals surface area contributed by atoms with E-state index in [1.54, 1.807) is 5.57 Å². The van der Waals surface area contributed by atoms with E-state index >= 15 is 0 Å². The second-order valence-corrected chi connectivity index (χ2v) is 12.1. The number of allylic oxidation sites excluding steroid dienone is 1. The molecule has 0 saturated heterocycles. The Kier molecular flexibility index (Phi) is 6.26. The molecule has 166 valence electrons. The Morgan fingerprint density at radius 1 is 1.03 bits per heavy atom. The normalized spacial score (nSPS) is 46.3. The molecule has 4 aliphatic rings. The molecule has 0 heterocycles. The molecule has 2 nitrogen and oxygen atoms in total. The highest BCUT2D eigenvalue weighted by Gasteiger charge is 2.59. The van der Waals surface area contributed by atoms with Crippen molar-refractivity contribution < 1.29 is 10.2 Å². The summed E-state index contributed by atoms with van der Waals surface area (Å²) in [4.78, 5) is 0. The van der Waals surface area contributed by atoms with Crippen LogP contribution in [0.4, 0.5) is 0 Å². The zero-order chi connectivity index (χ0) is 20.8. The molecule has 0 spiro atoms. The van der Waals surface area contributed by atoms with Crippen molar-refractivity contribution in [2.45, 2.75) is 104 Å². The monoisotopic (exact) mass is 402 g/mol. The Morgan fingerprint density at radius 3 is 2.59 bits per heavy atom. The number of aliphatic hydroxyl groups is 2. The standard InChI is InChI=1S/C27H46O2/c1-18(17-28)6-5-7-19(2)23-10-11-24-22-9-8-20-16-21(29)12-14-26(20,3)25(22)13-15-27(23,24)4/h8,18-19,21-25,28-29H,5-7,9-17H2,1-4H3/t18-,19+,21-,22+,23+,24-,25-,26-,27+/m0/s1. The Balaban J connectivity index is 1.46. The minimum atomic E-state index is -0.0926. The van der Waals surface area contributed by atoms with Gasteiger partial charge in [0.2, 0.25) is 0 Å². The van der Waals surface area contributed by atoms with Gasteiger partial charge in [0.15, 0.2) is 0 Å². The van der Waals surface area contributed by atoms with Crippen LogP contribution < -0.4 is 0 Å². The molecular formula is C27H46O2. The summed E-state index contributed by atoms with van der Waals surface area (Å²) < 4.78 is 0. The van der Waals surface area contributed by atoms with Crippen molar-refractivity contribution in [2.75, 3.05) is 6.61 Å². The smallest absolute Gasteiger partial charge is 0.0577 e. The van der Waals surface area contributed by atoms with Crippen molar-refractivity contribution in [3.05, 3.63) is 11.6 Å². The first-order valence-electron chi connectivity index (χ1n) is 12.8. The molecule has 0 amide bonds. The molecule has 4 rings (SSSR count). The van der Waals surface area contributed by atoms with Crippen LogP contribution in [-0.4, -0.2) is 22.9 Å². The summed E-state index contributed by atoms with van der Waals surface area (Å²) in [5.74, 6) is 4.82. The van der Waals surface area contributed by atoms with Crippen LogP contribution in [0.5, 0.6) is 0 Å². The number of hydrogen-bond acceptors (Lipinski definition) is 2. The first-order valence-corrected chi connectivity index (χ1v) is 12.8. The van der Waals surface area contributed by atoms with Gasteiger partial charge in [-0.1, -0.05) is 52.2 Å². The van der Waals surface area contributed by atoms with Gasteiger partial charge in [0, 0.05) is 6.61 Å². The molecule has 0 bridgehead atoms. The molecule has 3 saturated carbocycles. The second kappa shape index (κ2) is 8.30. The third-order valence-electron chi connectivity index (χ3n) is 10.5. The number of hydrogen-bond donors (Lipinski definition) is 2. The second-order valence-electron chi connectivity index (χ2n) is 12.1. The van der Waals surface area contributed by atoms with Gasteiger partial charge in [0.1, 0.15) is 0 Å². The van der Waals surface area contributed by atoms with E-state index in [1.165, 1.54) is 57.8 Å². The molecule has 0 aromatic carbocycles. The molecule has 0 unspecified atom stereocenters. The Morgan fingerprint density at radius 2 is 1.83 bits per heavy atom. The fraction of sp³-hybridized carbons (Fsp3) is 0.926. The summed E-state index contributed by atoms with van der Waals surface area (Å²) in [7, 11) is 0. The zero-order valence-corrected chi connectivity index (χ0v) is 19.5. The van der Waals surface area contributed by atoms with Gasteiger partial charge in [-0.3, -0.25) is 0 Å². The van der Waals surface area contributed by atoms with Crippen LogP contribution >= 0.6 is 0 Å². The molecule has 0 radical (unpaired) electrons. The maximum Gasteiger partial charge on any atom is 0.0577 e. The van der Waals surface area contributed by atoms with E-state index in [0.29, 0.717) is 23.4 Å². The van der Waals surface area contributed by atoms with E-state index in [1.807, 2.05) is 0 Å². The van der Waals surface area contributed by atoms with E-state index in [9.17, 15) is 10.2 Å². The fourth-order valence-corrected chi connectivity index (χ4v) is 8.70. The molecule has 0 aromatic heterocycles. The summed E-state index contributed by atoms with van der Waals surface area (Å²) in [6, 6.07) is 0. The Labute approximate surface area is 179 Å². The predicted octanol–water partition coefficient (Wildman–Crippen LogP) is 6.36. The van der Waals surface area contributed by atoms with Crippen LogP contribution in [-0.2, 0) is 0 Å². The largest absolute Gasteiger partial charge is 0.396 e. The van der Waals surface area contributed by atoms with Gasteiger partial charge < -0.3 is 10.2 Å². The summed E-state index contributed by atoms with van der Waals surface area (Å²) in [6.07, 6.45) is 16.4. The molecule has 0 aromatic rings. The predicted molar refractivity (Wildman–Crippen MR) is 120 cm³/mol. The summed E-state index contributed by atoms with van der Waals surface area (Å²) in [5.41, 5.74) is 2.51. The van der Waals surface area contributed by atoms with Crippen LogP contribution in [0.25, 0.3) is 0 Å². The molecule has 0 aliphatic heterocycles. The van der Waals surface area contributed by atoms with E-state index in [-0.39, 0.29) is 6.10 Å². The Hall–Kier alpha value is -0.340. The highest BCUT2D eigenvalue weighted by atomic mass is 16.3. The van der Waals surface area contributed by atoms with E-state index in [2.05, 4.69) is 33.8 Å². The minimum Gasteiger partial charge on any atom is -0.396 e. The topological polar surface area (TPSA) is 40.5 Å². The van der Waals surface area contributed by atoms with Crippen LogP contribution in [0.1, 0.15) is 98.3 Å². The van der Waals surface area contributed by atoms with Gasteiger partial charge >= 0.3 is 0 Å². The summed E-state index contributed by atoms with van der Waals surface area (Å²) >= 11 is 0. The molecule has 2 N–H and O–H groups in total. The molecule has 9 atom stereocenters. The maximum absolute atomic E-state index is 10.2. The molecule has 29 heavy (non-hydrogen) atoms. The average molecular weight is 403 g/mol. The fourth-order valence-electron chi connectivity index (χ4n) is 8.70. The van der Waals surface area contributed by atoms with E-state index in [0.717, 1.165) is 42.4 Å². The molecule has 4 aliphatic carbocycles. The SMILES string of the molecule is C[C@H](CO)CCC[C@@H](C)[C@H]1CC[C@H]2[C@H]3CC=C4C[C@@H](O)CC[C@]4(C)[C@H]3CC[C@]12C. The third-order valence-corrected chi connectivity index (χ3v) is 10.5. The van der Waals surface area contributed by atoms with Crippen LogP contribution in [0.3, 0.4) is 0 Å². The number of aliphatic hydroxyl groups excluding tert-OH is 2. The highest BCUT2D eigenvalue weighted by Crippen LogP contribution is 2.67. The van der Waals surface area contributed by atoms with Gasteiger partial charge in [-0.15, -0.1) is 0 Å². The lowest BCUT2D eigenvalue weighted by Gasteiger charge is -2.58. The highest BCUT2D eigenvalue weighted by molar-refractivity contribution is 5.25. The summed E-state index contributed by atoms with van der Waals surface area (Å²) in [5, 5.41) is 19.5. The zero-order valence-electron chi connectivity index (χ0n) is 19.5. The number of fused-ring (bicyclic) bond motifs is 5. The van der Waals surface area contributed by atoms with Gasteiger partial charge in [-0.2, -0.15) is 0 Å². The summed E-state index contributed by atoms with van der Waals surface area (Å²) in [6.45, 7) is 10.2. The van der Waals surface area contributed by atoms with Crippen molar-refractivity contribution in [3.63, 3.8) is 0 Å². The van der Waals surface area contributed by atoms with Gasteiger partial charge in [-0.05, 0) is 104 Å². The Bertz CT molecular complexity index is 612. The van der Waals surface area contributed by atoms with Crippen molar-refractivity contribution in [2.24, 2.45) is 46.3 Å². The first kappa shape index (κ1) is 21.9. The third kappa shape index (κ3) is 3.75. The van der Waals surface area contributed by atoms with Crippen LogP contribution in [0.15, 0.2) is 11.6 Å². The lowest BCUT2D eigenvalue weighted by Crippen LogP contribution is -2.50. The number of rotatable bonds is 6. The van der Waals surface area contributed by atoms with E-state index in [4.69, 9.17) is 0 Å².